The standard InChI is InChI=1S/C23H18F6N2O3/c1-13(31-21(33)7-6-19(30-31)15-4-3-5-18(11-15)34-2)20(32)10-14-8-16(22(24,25)26)12-17(9-14)23(27,28)29/h3-9,11-13H,10H2,1-2H3. The molecule has 0 saturated carbocycles. The predicted molar refractivity (Wildman–Crippen MR) is 110 cm³/mol. The summed E-state index contributed by atoms with van der Waals surface area (Å²) in [5.41, 5.74) is -3.29. The SMILES string of the molecule is COc1cccc(-c2ccc(=O)n(C(C)C(=O)Cc3cc(C(F)(F)F)cc(C(F)(F)F)c3)n2)c1. The Kier molecular flexibility index (Phi) is 6.85. The summed E-state index contributed by atoms with van der Waals surface area (Å²) in [6, 6.07) is 9.01. The number of methoxy groups -OCH3 is 1. The number of benzene rings is 2. The van der Waals surface area contributed by atoms with Crippen LogP contribution in [0.5, 0.6) is 5.75 Å². The maximum Gasteiger partial charge on any atom is 0.416 e. The summed E-state index contributed by atoms with van der Waals surface area (Å²) in [6.45, 7) is 1.30. The molecule has 0 aliphatic heterocycles. The first-order valence-electron chi connectivity index (χ1n) is 9.85. The highest BCUT2D eigenvalue weighted by molar-refractivity contribution is 5.84. The summed E-state index contributed by atoms with van der Waals surface area (Å²) in [5, 5.41) is 4.16. The molecule has 3 rings (SSSR count). The van der Waals surface area contributed by atoms with Gasteiger partial charge in [-0.05, 0) is 48.9 Å². The van der Waals surface area contributed by atoms with E-state index in [1.807, 2.05) is 0 Å². The third kappa shape index (κ3) is 5.64. The van der Waals surface area contributed by atoms with Crippen molar-refractivity contribution < 1.29 is 35.9 Å². The van der Waals surface area contributed by atoms with E-state index >= 15 is 0 Å². The average molecular weight is 484 g/mol. The number of carbonyl (C=O) groups excluding carboxylic acids is 1. The molecule has 0 spiro atoms. The molecule has 0 aliphatic carbocycles. The zero-order valence-electron chi connectivity index (χ0n) is 17.9. The molecule has 2 aromatic carbocycles. The number of hydrogen-bond donors (Lipinski definition) is 0. The van der Waals surface area contributed by atoms with Gasteiger partial charge in [-0.2, -0.15) is 31.4 Å². The molecule has 3 aromatic rings. The molecule has 1 unspecified atom stereocenters. The van der Waals surface area contributed by atoms with Gasteiger partial charge in [0, 0.05) is 18.1 Å². The second kappa shape index (κ2) is 9.32. The summed E-state index contributed by atoms with van der Waals surface area (Å²) >= 11 is 0. The van der Waals surface area contributed by atoms with E-state index in [1.165, 1.54) is 20.1 Å². The Balaban J connectivity index is 1.94. The number of halogens is 6. The summed E-state index contributed by atoms with van der Waals surface area (Å²) in [6.07, 6.45) is -10.8. The molecule has 0 saturated heterocycles. The quantitative estimate of drug-likeness (QED) is 0.444. The molecule has 0 bridgehead atoms. The number of nitrogens with zero attached hydrogens (tertiary/aromatic N) is 2. The fraction of sp³-hybridized carbons (Fsp3) is 0.261. The van der Waals surface area contributed by atoms with Gasteiger partial charge in [0.25, 0.3) is 5.56 Å². The number of carbonyl (C=O) groups is 1. The van der Waals surface area contributed by atoms with Gasteiger partial charge in [-0.1, -0.05) is 12.1 Å². The molecule has 0 amide bonds. The van der Waals surface area contributed by atoms with Crippen LogP contribution in [0.4, 0.5) is 26.3 Å². The van der Waals surface area contributed by atoms with Gasteiger partial charge in [0.1, 0.15) is 11.8 Å². The lowest BCUT2D eigenvalue weighted by Gasteiger charge is -2.16. The summed E-state index contributed by atoms with van der Waals surface area (Å²) in [4.78, 5) is 25.1. The number of ether oxygens (including phenoxy) is 1. The highest BCUT2D eigenvalue weighted by atomic mass is 19.4. The Hall–Kier alpha value is -3.63. The van der Waals surface area contributed by atoms with Crippen molar-refractivity contribution in [1.82, 2.24) is 9.78 Å². The van der Waals surface area contributed by atoms with Crippen LogP contribution in [0.3, 0.4) is 0 Å². The minimum absolute atomic E-state index is 0.0128. The van der Waals surface area contributed by atoms with Crippen LogP contribution in [0.15, 0.2) is 59.4 Å². The van der Waals surface area contributed by atoms with Gasteiger partial charge in [-0.25, -0.2) is 4.68 Å². The molecule has 5 nitrogen and oxygen atoms in total. The van der Waals surface area contributed by atoms with Crippen LogP contribution in [0.25, 0.3) is 11.3 Å². The molecule has 1 atom stereocenters. The van der Waals surface area contributed by atoms with Crippen molar-refractivity contribution in [1.29, 1.82) is 0 Å². The van der Waals surface area contributed by atoms with Crippen LogP contribution < -0.4 is 10.3 Å². The minimum atomic E-state index is -5.03. The fourth-order valence-corrected chi connectivity index (χ4v) is 3.25. The van der Waals surface area contributed by atoms with E-state index in [9.17, 15) is 35.9 Å². The van der Waals surface area contributed by atoms with Crippen LogP contribution in [0, 0.1) is 0 Å². The van der Waals surface area contributed by atoms with E-state index in [2.05, 4.69) is 5.10 Å². The van der Waals surface area contributed by atoms with Crippen LogP contribution in [0.2, 0.25) is 0 Å². The highest BCUT2D eigenvalue weighted by Gasteiger charge is 2.37. The van der Waals surface area contributed by atoms with Crippen molar-refractivity contribution in [2.24, 2.45) is 0 Å². The first kappa shape index (κ1) is 25.0. The maximum atomic E-state index is 13.1. The average Bonchev–Trinajstić information content (AvgIpc) is 2.77. The van der Waals surface area contributed by atoms with Gasteiger partial charge in [0.15, 0.2) is 5.78 Å². The third-order valence-corrected chi connectivity index (χ3v) is 5.05. The number of hydrogen-bond acceptors (Lipinski definition) is 4. The highest BCUT2D eigenvalue weighted by Crippen LogP contribution is 2.36. The maximum absolute atomic E-state index is 13.1. The first-order valence-corrected chi connectivity index (χ1v) is 9.85. The molecular weight excluding hydrogens is 466 g/mol. The third-order valence-electron chi connectivity index (χ3n) is 5.05. The van der Waals surface area contributed by atoms with E-state index in [0.29, 0.717) is 29.1 Å². The van der Waals surface area contributed by atoms with Crippen LogP contribution >= 0.6 is 0 Å². The second-order valence-corrected chi connectivity index (χ2v) is 7.47. The summed E-state index contributed by atoms with van der Waals surface area (Å²) < 4.78 is 84.5. The second-order valence-electron chi connectivity index (χ2n) is 7.47. The van der Waals surface area contributed by atoms with Crippen molar-refractivity contribution >= 4 is 5.78 Å². The Labute approximate surface area is 189 Å². The molecule has 34 heavy (non-hydrogen) atoms. The van der Waals surface area contributed by atoms with Gasteiger partial charge >= 0.3 is 12.4 Å². The summed E-state index contributed by atoms with van der Waals surface area (Å²) in [5.74, 6) is -0.268. The van der Waals surface area contributed by atoms with Crippen molar-refractivity contribution in [2.45, 2.75) is 31.7 Å². The van der Waals surface area contributed by atoms with E-state index in [4.69, 9.17) is 4.74 Å². The van der Waals surface area contributed by atoms with Gasteiger partial charge in [-0.15, -0.1) is 0 Å². The van der Waals surface area contributed by atoms with Crippen LogP contribution in [-0.4, -0.2) is 22.7 Å². The number of alkyl halides is 6. The van der Waals surface area contributed by atoms with E-state index in [-0.39, 0.29) is 6.07 Å². The molecule has 0 fully saturated rings. The van der Waals surface area contributed by atoms with Crippen molar-refractivity contribution in [2.75, 3.05) is 7.11 Å². The molecule has 0 radical (unpaired) electrons. The van der Waals surface area contributed by atoms with Gasteiger partial charge in [-0.3, -0.25) is 9.59 Å². The van der Waals surface area contributed by atoms with Crippen LogP contribution in [-0.2, 0) is 23.6 Å². The van der Waals surface area contributed by atoms with Gasteiger partial charge < -0.3 is 4.74 Å². The summed E-state index contributed by atoms with van der Waals surface area (Å²) in [7, 11) is 1.46. The fourth-order valence-electron chi connectivity index (χ4n) is 3.25. The zero-order valence-corrected chi connectivity index (χ0v) is 17.9. The van der Waals surface area contributed by atoms with E-state index < -0.39 is 52.8 Å². The lowest BCUT2D eigenvalue weighted by molar-refractivity contribution is -0.143. The molecule has 1 aromatic heterocycles. The topological polar surface area (TPSA) is 61.2 Å². The lowest BCUT2D eigenvalue weighted by atomic mass is 9.99. The molecule has 180 valence electrons. The van der Waals surface area contributed by atoms with Gasteiger partial charge in [0.05, 0.1) is 23.9 Å². The zero-order chi connectivity index (χ0) is 25.3. The smallest absolute Gasteiger partial charge is 0.416 e. The molecule has 0 N–H and O–H groups in total. The molecule has 0 aliphatic rings. The molecule has 1 heterocycles. The number of Topliss-reactive ketones (excluding diaryl/α,β-unsaturated/α-hetero) is 1. The normalized spacial score (nSPS) is 12.9. The molecular formula is C23H18F6N2O3. The molecule has 11 heteroatoms. The predicted octanol–water partition coefficient (Wildman–Crippen LogP) is 5.33. The van der Waals surface area contributed by atoms with Crippen molar-refractivity contribution in [3.63, 3.8) is 0 Å². The number of aromatic nitrogens is 2. The van der Waals surface area contributed by atoms with Crippen LogP contribution in [0.1, 0.15) is 29.7 Å². The Morgan fingerprint density at radius 1 is 0.971 bits per heavy atom. The number of rotatable bonds is 6. The first-order chi connectivity index (χ1) is 15.8. The van der Waals surface area contributed by atoms with Gasteiger partial charge in [0.2, 0.25) is 0 Å². The Morgan fingerprint density at radius 2 is 1.59 bits per heavy atom. The number of ketones is 1. The van der Waals surface area contributed by atoms with E-state index in [1.54, 1.807) is 24.3 Å². The Morgan fingerprint density at radius 3 is 2.15 bits per heavy atom. The largest absolute Gasteiger partial charge is 0.497 e. The van der Waals surface area contributed by atoms with Crippen molar-refractivity contribution in [3.05, 3.63) is 81.6 Å². The van der Waals surface area contributed by atoms with E-state index in [0.717, 1.165) is 10.7 Å². The van der Waals surface area contributed by atoms with Crippen molar-refractivity contribution in [3.8, 4) is 17.0 Å². The monoisotopic (exact) mass is 484 g/mol. The lowest BCUT2D eigenvalue weighted by Crippen LogP contribution is -2.31. The Bertz CT molecular complexity index is 1230. The minimum Gasteiger partial charge on any atom is -0.497 e.